The molecule has 1 aliphatic rings. The summed E-state index contributed by atoms with van der Waals surface area (Å²) in [5, 5.41) is 4.02. The standard InChI is InChI=1S/C25H19F2NO4/c1-15-10-18-14-21(31-24(29)16-4-2-6-19(26)12-16)8-9-22(18)23(11-15)28-32-25(30)17-5-3-7-20(27)13-17/h2-9,12-15H,10-11H2,1H3/b28-23-/t15-/m1/s1. The third-order valence-electron chi connectivity index (χ3n) is 5.07. The molecule has 162 valence electrons. The molecule has 1 aliphatic carbocycles. The minimum absolute atomic E-state index is 0.0676. The first-order chi connectivity index (χ1) is 15.4. The molecule has 3 aromatic rings. The van der Waals surface area contributed by atoms with Crippen LogP contribution >= 0.6 is 0 Å². The zero-order valence-corrected chi connectivity index (χ0v) is 17.2. The summed E-state index contributed by atoms with van der Waals surface area (Å²) in [6, 6.07) is 15.5. The Bertz CT molecular complexity index is 1220. The molecule has 0 radical (unpaired) electrons. The lowest BCUT2D eigenvalue weighted by Crippen LogP contribution is -2.20. The minimum Gasteiger partial charge on any atom is -0.423 e. The highest BCUT2D eigenvalue weighted by Crippen LogP contribution is 2.29. The van der Waals surface area contributed by atoms with Gasteiger partial charge in [0.1, 0.15) is 17.4 Å². The van der Waals surface area contributed by atoms with E-state index in [0.717, 1.165) is 29.7 Å². The maximum atomic E-state index is 13.4. The van der Waals surface area contributed by atoms with Crippen molar-refractivity contribution in [2.24, 2.45) is 11.1 Å². The molecule has 0 unspecified atom stereocenters. The molecule has 0 bridgehead atoms. The van der Waals surface area contributed by atoms with E-state index in [-0.39, 0.29) is 17.0 Å². The second kappa shape index (κ2) is 9.09. The van der Waals surface area contributed by atoms with Gasteiger partial charge in [0.05, 0.1) is 16.8 Å². The number of rotatable bonds is 4. The lowest BCUT2D eigenvalue weighted by Gasteiger charge is -2.23. The number of fused-ring (bicyclic) bond motifs is 1. The first kappa shape index (κ1) is 21.4. The number of benzene rings is 3. The van der Waals surface area contributed by atoms with E-state index >= 15 is 0 Å². The average Bonchev–Trinajstić information content (AvgIpc) is 2.77. The van der Waals surface area contributed by atoms with Gasteiger partial charge in [0.25, 0.3) is 0 Å². The van der Waals surface area contributed by atoms with E-state index in [1.807, 2.05) is 6.92 Å². The van der Waals surface area contributed by atoms with Crippen LogP contribution in [0.1, 0.15) is 45.2 Å². The Hall–Kier alpha value is -3.87. The number of hydrogen-bond acceptors (Lipinski definition) is 5. The quantitative estimate of drug-likeness (QED) is 0.241. The Labute approximate surface area is 183 Å². The molecule has 7 heteroatoms. The molecule has 0 amide bonds. The second-order valence-corrected chi connectivity index (χ2v) is 7.66. The van der Waals surface area contributed by atoms with Crippen molar-refractivity contribution in [2.45, 2.75) is 19.8 Å². The Balaban J connectivity index is 1.53. The molecule has 0 aromatic heterocycles. The molecular formula is C25H19F2NO4. The molecule has 0 saturated carbocycles. The van der Waals surface area contributed by atoms with Crippen molar-refractivity contribution in [3.05, 3.63) is 101 Å². The molecule has 0 fully saturated rings. The number of halogens is 2. The summed E-state index contributed by atoms with van der Waals surface area (Å²) in [6.07, 6.45) is 1.31. The minimum atomic E-state index is -0.752. The maximum Gasteiger partial charge on any atom is 0.365 e. The molecule has 3 aromatic carbocycles. The van der Waals surface area contributed by atoms with Crippen LogP contribution < -0.4 is 4.74 Å². The Kier molecular flexibility index (Phi) is 6.07. The monoisotopic (exact) mass is 435 g/mol. The van der Waals surface area contributed by atoms with Crippen molar-refractivity contribution in [3.63, 3.8) is 0 Å². The second-order valence-electron chi connectivity index (χ2n) is 7.66. The van der Waals surface area contributed by atoms with Gasteiger partial charge in [0, 0.05) is 5.56 Å². The molecule has 0 spiro atoms. The number of carbonyl (C=O) groups excluding carboxylic acids is 2. The lowest BCUT2D eigenvalue weighted by atomic mass is 9.83. The summed E-state index contributed by atoms with van der Waals surface area (Å²) in [5.41, 5.74) is 2.42. The van der Waals surface area contributed by atoms with Crippen LogP contribution in [-0.2, 0) is 11.3 Å². The summed E-state index contributed by atoms with van der Waals surface area (Å²) in [4.78, 5) is 29.5. The fourth-order valence-electron chi connectivity index (χ4n) is 3.60. The Morgan fingerprint density at radius 1 is 0.875 bits per heavy atom. The van der Waals surface area contributed by atoms with E-state index in [1.165, 1.54) is 36.4 Å². The first-order valence-electron chi connectivity index (χ1n) is 10.0. The van der Waals surface area contributed by atoms with Gasteiger partial charge in [-0.2, -0.15) is 0 Å². The number of esters is 1. The van der Waals surface area contributed by atoms with Crippen molar-refractivity contribution in [3.8, 4) is 5.75 Å². The van der Waals surface area contributed by atoms with E-state index in [9.17, 15) is 18.4 Å². The SMILES string of the molecule is C[C@H]1C/C(=N/OC(=O)c2cccc(F)c2)c2ccc(OC(=O)c3cccc(F)c3)cc2C1. The van der Waals surface area contributed by atoms with Crippen LogP contribution in [0.15, 0.2) is 71.9 Å². The number of oxime groups is 1. The van der Waals surface area contributed by atoms with Crippen LogP contribution in [0, 0.1) is 17.6 Å². The van der Waals surface area contributed by atoms with Gasteiger partial charge in [0.2, 0.25) is 0 Å². The number of hydrogen-bond donors (Lipinski definition) is 0. The number of ether oxygens (including phenoxy) is 1. The number of nitrogens with zero attached hydrogens (tertiary/aromatic N) is 1. The highest BCUT2D eigenvalue weighted by atomic mass is 19.1. The van der Waals surface area contributed by atoms with Crippen molar-refractivity contribution >= 4 is 17.7 Å². The predicted octanol–water partition coefficient (Wildman–Crippen LogP) is 5.33. The summed E-state index contributed by atoms with van der Waals surface area (Å²) < 4.78 is 32.1. The summed E-state index contributed by atoms with van der Waals surface area (Å²) in [5.74, 6) is -1.94. The third-order valence-corrected chi connectivity index (χ3v) is 5.07. The van der Waals surface area contributed by atoms with Gasteiger partial charge in [-0.05, 0) is 78.9 Å². The lowest BCUT2D eigenvalue weighted by molar-refractivity contribution is 0.0514. The molecule has 4 rings (SSSR count). The summed E-state index contributed by atoms with van der Waals surface area (Å²) in [6.45, 7) is 2.03. The molecular weight excluding hydrogens is 416 g/mol. The average molecular weight is 435 g/mol. The fraction of sp³-hybridized carbons (Fsp3) is 0.160. The molecule has 1 atom stereocenters. The summed E-state index contributed by atoms with van der Waals surface area (Å²) in [7, 11) is 0. The highest BCUT2D eigenvalue weighted by molar-refractivity contribution is 6.03. The van der Waals surface area contributed by atoms with Crippen molar-refractivity contribution in [1.29, 1.82) is 0 Å². The van der Waals surface area contributed by atoms with Gasteiger partial charge in [-0.25, -0.2) is 18.4 Å². The van der Waals surface area contributed by atoms with Crippen molar-refractivity contribution < 1.29 is 27.9 Å². The van der Waals surface area contributed by atoms with Crippen molar-refractivity contribution in [2.75, 3.05) is 0 Å². The summed E-state index contributed by atoms with van der Waals surface area (Å²) >= 11 is 0. The molecule has 0 aliphatic heterocycles. The predicted molar refractivity (Wildman–Crippen MR) is 114 cm³/mol. The Morgan fingerprint density at radius 3 is 2.19 bits per heavy atom. The Morgan fingerprint density at radius 2 is 1.53 bits per heavy atom. The van der Waals surface area contributed by atoms with Crippen LogP contribution in [0.2, 0.25) is 0 Å². The molecule has 0 saturated heterocycles. The fourth-order valence-corrected chi connectivity index (χ4v) is 3.60. The van der Waals surface area contributed by atoms with Gasteiger partial charge in [-0.3, -0.25) is 0 Å². The smallest absolute Gasteiger partial charge is 0.365 e. The van der Waals surface area contributed by atoms with Gasteiger partial charge < -0.3 is 9.57 Å². The van der Waals surface area contributed by atoms with E-state index < -0.39 is 23.6 Å². The van der Waals surface area contributed by atoms with Gasteiger partial charge in [0.15, 0.2) is 0 Å². The molecule has 0 N–H and O–H groups in total. The molecule has 5 nitrogen and oxygen atoms in total. The van der Waals surface area contributed by atoms with Crippen LogP contribution in [-0.4, -0.2) is 17.7 Å². The topological polar surface area (TPSA) is 65.0 Å². The zero-order chi connectivity index (χ0) is 22.7. The maximum absolute atomic E-state index is 13.4. The molecule has 0 heterocycles. The molecule has 32 heavy (non-hydrogen) atoms. The van der Waals surface area contributed by atoms with Gasteiger partial charge in [-0.1, -0.05) is 24.2 Å². The first-order valence-corrected chi connectivity index (χ1v) is 10.0. The number of carbonyl (C=O) groups is 2. The van der Waals surface area contributed by atoms with Crippen LogP contribution in [0.25, 0.3) is 0 Å². The van der Waals surface area contributed by atoms with Crippen molar-refractivity contribution in [1.82, 2.24) is 0 Å². The normalized spacial score (nSPS) is 16.3. The third kappa shape index (κ3) is 4.88. The van der Waals surface area contributed by atoms with E-state index in [1.54, 1.807) is 18.2 Å². The van der Waals surface area contributed by atoms with Gasteiger partial charge >= 0.3 is 11.9 Å². The van der Waals surface area contributed by atoms with E-state index in [0.29, 0.717) is 17.9 Å². The largest absolute Gasteiger partial charge is 0.423 e. The van der Waals surface area contributed by atoms with Crippen LogP contribution in [0.5, 0.6) is 5.75 Å². The van der Waals surface area contributed by atoms with E-state index in [4.69, 9.17) is 9.57 Å². The van der Waals surface area contributed by atoms with Gasteiger partial charge in [-0.15, -0.1) is 0 Å². The van der Waals surface area contributed by atoms with E-state index in [2.05, 4.69) is 5.16 Å². The zero-order valence-electron chi connectivity index (χ0n) is 17.2. The highest BCUT2D eigenvalue weighted by Gasteiger charge is 2.23. The van der Waals surface area contributed by atoms with Crippen LogP contribution in [0.4, 0.5) is 8.78 Å². The van der Waals surface area contributed by atoms with Crippen LogP contribution in [0.3, 0.4) is 0 Å².